The van der Waals surface area contributed by atoms with Gasteiger partial charge in [-0.2, -0.15) is 0 Å². The van der Waals surface area contributed by atoms with Gasteiger partial charge in [0.25, 0.3) is 5.91 Å². The first-order valence-corrected chi connectivity index (χ1v) is 5.86. The lowest BCUT2D eigenvalue weighted by molar-refractivity contribution is 0.0773. The number of hydrogen-bond acceptors (Lipinski definition) is 2. The highest BCUT2D eigenvalue weighted by Gasteiger charge is 2.15. The number of anilines is 1. The van der Waals surface area contributed by atoms with E-state index in [1.54, 1.807) is 17.0 Å². The smallest absolute Gasteiger partial charge is 0.254 e. The van der Waals surface area contributed by atoms with Crippen LogP contribution < -0.4 is 5.73 Å². The summed E-state index contributed by atoms with van der Waals surface area (Å²) < 4.78 is 0. The zero-order valence-corrected chi connectivity index (χ0v) is 10.6. The lowest BCUT2D eigenvalue weighted by Gasteiger charge is -2.21. The van der Waals surface area contributed by atoms with Gasteiger partial charge in [-0.25, -0.2) is 0 Å². The zero-order valence-electron chi connectivity index (χ0n) is 10.6. The fraction of sp³-hybridized carbons (Fsp3) is 0.357. The van der Waals surface area contributed by atoms with Crippen molar-refractivity contribution >= 4 is 11.6 Å². The molecule has 17 heavy (non-hydrogen) atoms. The van der Waals surface area contributed by atoms with Crippen molar-refractivity contribution in [1.29, 1.82) is 0 Å². The van der Waals surface area contributed by atoms with Crippen LogP contribution in [0.15, 0.2) is 30.9 Å². The van der Waals surface area contributed by atoms with Crippen LogP contribution >= 0.6 is 0 Å². The van der Waals surface area contributed by atoms with E-state index in [9.17, 15) is 4.79 Å². The topological polar surface area (TPSA) is 46.3 Å². The Kier molecular flexibility index (Phi) is 4.76. The summed E-state index contributed by atoms with van der Waals surface area (Å²) in [5, 5.41) is 0. The molecule has 0 saturated carbocycles. The molecule has 0 aromatic heterocycles. The number of amides is 1. The highest BCUT2D eigenvalue weighted by molar-refractivity contribution is 5.96. The molecule has 3 heteroatoms. The summed E-state index contributed by atoms with van der Waals surface area (Å²) >= 11 is 0. The van der Waals surface area contributed by atoms with E-state index in [4.69, 9.17) is 5.73 Å². The Morgan fingerprint density at radius 2 is 2.24 bits per heavy atom. The minimum absolute atomic E-state index is 0.0246. The summed E-state index contributed by atoms with van der Waals surface area (Å²) in [5.74, 6) is 0.0246. The molecule has 0 heterocycles. The predicted octanol–water partition coefficient (Wildman–Crippen LogP) is 2.62. The van der Waals surface area contributed by atoms with E-state index >= 15 is 0 Å². The third-order valence-electron chi connectivity index (χ3n) is 2.62. The van der Waals surface area contributed by atoms with E-state index in [0.29, 0.717) is 17.8 Å². The van der Waals surface area contributed by atoms with Crippen LogP contribution in [0.1, 0.15) is 29.3 Å². The normalized spacial score (nSPS) is 10.0. The predicted molar refractivity (Wildman–Crippen MR) is 72.0 cm³/mol. The maximum Gasteiger partial charge on any atom is 0.254 e. The second-order valence-corrected chi connectivity index (χ2v) is 4.11. The van der Waals surface area contributed by atoms with Crippen LogP contribution in [0, 0.1) is 6.92 Å². The van der Waals surface area contributed by atoms with Crippen LogP contribution in [-0.4, -0.2) is 23.9 Å². The van der Waals surface area contributed by atoms with Gasteiger partial charge in [0.05, 0.1) is 0 Å². The monoisotopic (exact) mass is 232 g/mol. The number of rotatable bonds is 5. The minimum Gasteiger partial charge on any atom is -0.399 e. The molecule has 1 aromatic rings. The van der Waals surface area contributed by atoms with Gasteiger partial charge in [-0.05, 0) is 31.0 Å². The minimum atomic E-state index is 0.0246. The first kappa shape index (κ1) is 13.3. The lowest BCUT2D eigenvalue weighted by Crippen LogP contribution is -2.32. The maximum absolute atomic E-state index is 12.3. The number of aryl methyl sites for hydroxylation is 1. The largest absolute Gasteiger partial charge is 0.399 e. The van der Waals surface area contributed by atoms with E-state index < -0.39 is 0 Å². The van der Waals surface area contributed by atoms with Gasteiger partial charge in [0.15, 0.2) is 0 Å². The van der Waals surface area contributed by atoms with Crippen molar-refractivity contribution in [3.8, 4) is 0 Å². The Labute approximate surface area is 103 Å². The van der Waals surface area contributed by atoms with E-state index in [1.165, 1.54) is 0 Å². The summed E-state index contributed by atoms with van der Waals surface area (Å²) in [5.41, 5.74) is 7.98. The SMILES string of the molecule is C=CCN(CCC)C(=O)c1cc(N)ccc1C. The fourth-order valence-electron chi connectivity index (χ4n) is 1.74. The summed E-state index contributed by atoms with van der Waals surface area (Å²) in [6.45, 7) is 8.96. The number of nitrogens with two attached hydrogens (primary N) is 1. The molecule has 3 nitrogen and oxygen atoms in total. The number of nitrogen functional groups attached to an aromatic ring is 1. The van der Waals surface area contributed by atoms with Crippen molar-refractivity contribution < 1.29 is 4.79 Å². The van der Waals surface area contributed by atoms with Crippen molar-refractivity contribution in [3.05, 3.63) is 42.0 Å². The molecule has 0 radical (unpaired) electrons. The van der Waals surface area contributed by atoms with Crippen molar-refractivity contribution in [3.63, 3.8) is 0 Å². The number of carbonyl (C=O) groups is 1. The molecular formula is C14H20N2O. The molecule has 0 aliphatic heterocycles. The van der Waals surface area contributed by atoms with Gasteiger partial charge in [-0.3, -0.25) is 4.79 Å². The summed E-state index contributed by atoms with van der Waals surface area (Å²) in [6.07, 6.45) is 2.68. The second kappa shape index (κ2) is 6.09. The molecule has 0 spiro atoms. The molecule has 0 fully saturated rings. The zero-order chi connectivity index (χ0) is 12.8. The number of benzene rings is 1. The number of hydrogen-bond donors (Lipinski definition) is 1. The summed E-state index contributed by atoms with van der Waals surface area (Å²) in [6, 6.07) is 5.42. The van der Waals surface area contributed by atoms with Gasteiger partial charge >= 0.3 is 0 Å². The first-order chi connectivity index (χ1) is 8.10. The average molecular weight is 232 g/mol. The van der Waals surface area contributed by atoms with Gasteiger partial charge in [0.2, 0.25) is 0 Å². The number of carbonyl (C=O) groups excluding carboxylic acids is 1. The van der Waals surface area contributed by atoms with Crippen LogP contribution in [0.3, 0.4) is 0 Å². The van der Waals surface area contributed by atoms with Crippen LogP contribution in [-0.2, 0) is 0 Å². The van der Waals surface area contributed by atoms with Crippen LogP contribution in [0.25, 0.3) is 0 Å². The van der Waals surface area contributed by atoms with Crippen LogP contribution in [0.2, 0.25) is 0 Å². The standard InChI is InChI=1S/C14H20N2O/c1-4-8-16(9-5-2)14(17)13-10-12(15)7-6-11(13)3/h4,6-7,10H,1,5,8-9,15H2,2-3H3. The second-order valence-electron chi connectivity index (χ2n) is 4.11. The van der Waals surface area contributed by atoms with Crippen molar-refractivity contribution in [2.45, 2.75) is 20.3 Å². The molecule has 0 atom stereocenters. The third-order valence-corrected chi connectivity index (χ3v) is 2.62. The molecule has 0 aliphatic carbocycles. The third kappa shape index (κ3) is 3.34. The van der Waals surface area contributed by atoms with Crippen LogP contribution in [0.5, 0.6) is 0 Å². The Bertz CT molecular complexity index is 413. The molecule has 0 unspecified atom stereocenters. The van der Waals surface area contributed by atoms with Crippen molar-refractivity contribution in [2.24, 2.45) is 0 Å². The molecule has 0 saturated heterocycles. The molecule has 1 amide bonds. The van der Waals surface area contributed by atoms with Gasteiger partial charge < -0.3 is 10.6 Å². The summed E-state index contributed by atoms with van der Waals surface area (Å²) in [4.78, 5) is 14.1. The highest BCUT2D eigenvalue weighted by Crippen LogP contribution is 2.15. The molecule has 1 aromatic carbocycles. The Balaban J connectivity index is 2.99. The fourth-order valence-corrected chi connectivity index (χ4v) is 1.74. The Morgan fingerprint density at radius 1 is 1.53 bits per heavy atom. The molecule has 92 valence electrons. The molecule has 0 bridgehead atoms. The van der Waals surface area contributed by atoms with Gasteiger partial charge in [0, 0.05) is 24.3 Å². The van der Waals surface area contributed by atoms with E-state index in [2.05, 4.69) is 13.5 Å². The average Bonchev–Trinajstić information content (AvgIpc) is 2.31. The maximum atomic E-state index is 12.3. The van der Waals surface area contributed by atoms with Crippen molar-refractivity contribution in [1.82, 2.24) is 4.90 Å². The van der Waals surface area contributed by atoms with E-state index in [0.717, 1.165) is 18.5 Å². The Morgan fingerprint density at radius 3 is 2.82 bits per heavy atom. The summed E-state index contributed by atoms with van der Waals surface area (Å²) in [7, 11) is 0. The van der Waals surface area contributed by atoms with Crippen molar-refractivity contribution in [2.75, 3.05) is 18.8 Å². The van der Waals surface area contributed by atoms with Crippen LogP contribution in [0.4, 0.5) is 5.69 Å². The highest BCUT2D eigenvalue weighted by atomic mass is 16.2. The molecule has 1 rings (SSSR count). The first-order valence-electron chi connectivity index (χ1n) is 5.86. The van der Waals surface area contributed by atoms with E-state index in [1.807, 2.05) is 19.1 Å². The van der Waals surface area contributed by atoms with Gasteiger partial charge in [-0.1, -0.05) is 19.1 Å². The van der Waals surface area contributed by atoms with Gasteiger partial charge in [-0.15, -0.1) is 6.58 Å². The molecule has 0 aliphatic rings. The Hall–Kier alpha value is -1.77. The quantitative estimate of drug-likeness (QED) is 0.626. The lowest BCUT2D eigenvalue weighted by atomic mass is 10.1. The molecular weight excluding hydrogens is 212 g/mol. The van der Waals surface area contributed by atoms with E-state index in [-0.39, 0.29) is 5.91 Å². The molecule has 2 N–H and O–H groups in total. The number of nitrogens with zero attached hydrogens (tertiary/aromatic N) is 1. The van der Waals surface area contributed by atoms with Gasteiger partial charge in [0.1, 0.15) is 0 Å².